The third-order valence-corrected chi connectivity index (χ3v) is 2.93. The molecule has 0 aliphatic heterocycles. The highest BCUT2D eigenvalue weighted by Crippen LogP contribution is 2.25. The third kappa shape index (κ3) is 2.24. The van der Waals surface area contributed by atoms with Gasteiger partial charge < -0.3 is 14.2 Å². The Hall–Kier alpha value is -2.37. The molecule has 106 valence electrons. The fourth-order valence-corrected chi connectivity index (χ4v) is 2.01. The van der Waals surface area contributed by atoms with Crippen LogP contribution in [0, 0.1) is 0 Å². The summed E-state index contributed by atoms with van der Waals surface area (Å²) < 4.78 is 6.31. The Morgan fingerprint density at radius 3 is 2.45 bits per heavy atom. The largest absolute Gasteiger partial charge is 0.476 e. The van der Waals surface area contributed by atoms with Gasteiger partial charge in [0.25, 0.3) is 0 Å². The van der Waals surface area contributed by atoms with Crippen LogP contribution >= 0.6 is 0 Å². The number of esters is 1. The molecule has 0 radical (unpaired) electrons. The number of ether oxygens (including phenoxy) is 1. The normalized spacial score (nSPS) is 11.6. The van der Waals surface area contributed by atoms with Gasteiger partial charge in [0, 0.05) is 11.6 Å². The lowest BCUT2D eigenvalue weighted by molar-refractivity contribution is 0.0599. The number of fused-ring (bicyclic) bond motifs is 1. The molecule has 0 atom stereocenters. The Morgan fingerprint density at radius 1 is 1.30 bits per heavy atom. The van der Waals surface area contributed by atoms with Crippen LogP contribution in [0.25, 0.3) is 5.52 Å². The molecule has 0 aromatic carbocycles. The lowest BCUT2D eigenvalue weighted by atomic mass is 9.96. The Balaban J connectivity index is 2.78. The van der Waals surface area contributed by atoms with Gasteiger partial charge in [0.05, 0.1) is 18.2 Å². The van der Waals surface area contributed by atoms with Crippen molar-refractivity contribution in [3.05, 3.63) is 35.4 Å². The minimum atomic E-state index is -1.09. The fourth-order valence-electron chi connectivity index (χ4n) is 2.01. The average Bonchev–Trinajstić information content (AvgIpc) is 2.76. The number of carboxylic acids is 1. The topological polar surface area (TPSA) is 80.9 Å². The molecule has 0 amide bonds. The van der Waals surface area contributed by atoms with E-state index in [0.717, 1.165) is 0 Å². The number of carbonyl (C=O) groups excluding carboxylic acids is 1. The molecule has 0 saturated carbocycles. The first-order valence-electron chi connectivity index (χ1n) is 6.10. The van der Waals surface area contributed by atoms with Crippen molar-refractivity contribution < 1.29 is 19.4 Å². The van der Waals surface area contributed by atoms with Gasteiger partial charge in [-0.3, -0.25) is 0 Å². The van der Waals surface area contributed by atoms with Crippen LogP contribution in [0.3, 0.4) is 0 Å². The first-order chi connectivity index (χ1) is 9.25. The van der Waals surface area contributed by atoms with Crippen LogP contribution in [0.15, 0.2) is 18.3 Å². The van der Waals surface area contributed by atoms with Crippen LogP contribution in [0.1, 0.15) is 47.4 Å². The predicted octanol–water partition coefficient (Wildman–Crippen LogP) is 2.12. The number of hydrogen-bond donors (Lipinski definition) is 1. The zero-order valence-electron chi connectivity index (χ0n) is 11.8. The number of rotatable bonds is 2. The van der Waals surface area contributed by atoms with Gasteiger partial charge >= 0.3 is 11.9 Å². The highest BCUT2D eigenvalue weighted by molar-refractivity contribution is 5.95. The first-order valence-corrected chi connectivity index (χ1v) is 6.10. The van der Waals surface area contributed by atoms with E-state index in [0.29, 0.717) is 16.9 Å². The number of aromatic nitrogens is 2. The van der Waals surface area contributed by atoms with E-state index in [1.54, 1.807) is 16.7 Å². The van der Waals surface area contributed by atoms with Gasteiger partial charge in [0.15, 0.2) is 5.69 Å². The summed E-state index contributed by atoms with van der Waals surface area (Å²) in [4.78, 5) is 27.0. The molecule has 6 heteroatoms. The highest BCUT2D eigenvalue weighted by atomic mass is 16.5. The van der Waals surface area contributed by atoms with Crippen molar-refractivity contribution in [1.82, 2.24) is 9.38 Å². The van der Waals surface area contributed by atoms with E-state index in [-0.39, 0.29) is 11.1 Å². The highest BCUT2D eigenvalue weighted by Gasteiger charge is 2.25. The van der Waals surface area contributed by atoms with E-state index in [9.17, 15) is 14.7 Å². The van der Waals surface area contributed by atoms with Gasteiger partial charge in [0.1, 0.15) is 5.82 Å². The summed E-state index contributed by atoms with van der Waals surface area (Å²) in [6.07, 6.45) is 1.56. The van der Waals surface area contributed by atoms with E-state index >= 15 is 0 Å². The molecule has 0 saturated heterocycles. The van der Waals surface area contributed by atoms with Gasteiger partial charge in [-0.25, -0.2) is 14.6 Å². The Morgan fingerprint density at radius 2 is 1.95 bits per heavy atom. The van der Waals surface area contributed by atoms with Crippen LogP contribution in [-0.4, -0.2) is 33.5 Å². The van der Waals surface area contributed by atoms with Gasteiger partial charge in [0.2, 0.25) is 0 Å². The van der Waals surface area contributed by atoms with Crippen LogP contribution in [0.2, 0.25) is 0 Å². The lowest BCUT2D eigenvalue weighted by Gasteiger charge is -2.16. The standard InChI is InChI=1S/C14H16N2O4/c1-14(2,3)13-15-10(11(17)18)9-6-5-8(7-16(9)13)12(19)20-4/h5-7H,1-4H3,(H,17,18). The number of nitrogens with zero attached hydrogens (tertiary/aromatic N) is 2. The third-order valence-electron chi connectivity index (χ3n) is 2.93. The molecule has 2 aromatic rings. The Kier molecular flexibility index (Phi) is 3.25. The number of carbonyl (C=O) groups is 2. The van der Waals surface area contributed by atoms with E-state index in [4.69, 9.17) is 0 Å². The number of hydrogen-bond acceptors (Lipinski definition) is 4. The summed E-state index contributed by atoms with van der Waals surface area (Å²) in [6, 6.07) is 3.10. The van der Waals surface area contributed by atoms with E-state index < -0.39 is 11.9 Å². The molecule has 2 rings (SSSR count). The summed E-state index contributed by atoms with van der Waals surface area (Å²) in [5.41, 5.74) is 0.423. The van der Waals surface area contributed by atoms with Crippen molar-refractivity contribution in [2.75, 3.05) is 7.11 Å². The zero-order chi connectivity index (χ0) is 15.1. The van der Waals surface area contributed by atoms with E-state index in [1.807, 2.05) is 20.8 Å². The van der Waals surface area contributed by atoms with Crippen molar-refractivity contribution >= 4 is 17.5 Å². The average molecular weight is 276 g/mol. The molecule has 0 bridgehead atoms. The molecule has 0 aliphatic rings. The molecule has 1 N–H and O–H groups in total. The second-order valence-corrected chi connectivity index (χ2v) is 5.50. The number of carboxylic acid groups (broad SMARTS) is 1. The number of aromatic carboxylic acids is 1. The van der Waals surface area contributed by atoms with Crippen LogP contribution in [0.4, 0.5) is 0 Å². The van der Waals surface area contributed by atoms with Gasteiger partial charge in [-0.15, -0.1) is 0 Å². The predicted molar refractivity (Wildman–Crippen MR) is 72.2 cm³/mol. The Bertz CT molecular complexity index is 695. The summed E-state index contributed by atoms with van der Waals surface area (Å²) in [5.74, 6) is -0.989. The maximum absolute atomic E-state index is 11.6. The van der Waals surface area contributed by atoms with Crippen LogP contribution in [-0.2, 0) is 10.2 Å². The van der Waals surface area contributed by atoms with Crippen molar-refractivity contribution in [2.45, 2.75) is 26.2 Å². The zero-order valence-corrected chi connectivity index (χ0v) is 11.8. The molecule has 2 heterocycles. The molecule has 6 nitrogen and oxygen atoms in total. The molecule has 0 aliphatic carbocycles. The molecule has 20 heavy (non-hydrogen) atoms. The maximum atomic E-state index is 11.6. The van der Waals surface area contributed by atoms with Crippen LogP contribution < -0.4 is 0 Å². The lowest BCUT2D eigenvalue weighted by Crippen LogP contribution is -2.16. The second kappa shape index (κ2) is 4.63. The quantitative estimate of drug-likeness (QED) is 0.850. The van der Waals surface area contributed by atoms with Crippen molar-refractivity contribution in [1.29, 1.82) is 0 Å². The minimum absolute atomic E-state index is 0.0219. The van der Waals surface area contributed by atoms with Gasteiger partial charge in [-0.2, -0.15) is 0 Å². The van der Waals surface area contributed by atoms with Crippen LogP contribution in [0.5, 0.6) is 0 Å². The summed E-state index contributed by atoms with van der Waals surface area (Å²) in [5, 5.41) is 9.22. The Labute approximate surface area is 116 Å². The second-order valence-electron chi connectivity index (χ2n) is 5.50. The number of pyridine rings is 1. The van der Waals surface area contributed by atoms with Gasteiger partial charge in [-0.1, -0.05) is 20.8 Å². The SMILES string of the molecule is COC(=O)c1ccc2c(C(=O)O)nc(C(C)(C)C)n2c1. The van der Waals surface area contributed by atoms with Crippen molar-refractivity contribution in [3.8, 4) is 0 Å². The minimum Gasteiger partial charge on any atom is -0.476 e. The first kappa shape index (κ1) is 14.0. The molecule has 0 spiro atoms. The molecular formula is C14H16N2O4. The van der Waals surface area contributed by atoms with Crippen molar-refractivity contribution in [2.24, 2.45) is 0 Å². The summed E-state index contributed by atoms with van der Waals surface area (Å²) in [7, 11) is 1.30. The fraction of sp³-hybridized carbons (Fsp3) is 0.357. The summed E-state index contributed by atoms with van der Waals surface area (Å²) >= 11 is 0. The van der Waals surface area contributed by atoms with E-state index in [2.05, 4.69) is 9.72 Å². The molecule has 0 unspecified atom stereocenters. The number of imidazole rings is 1. The smallest absolute Gasteiger partial charge is 0.356 e. The van der Waals surface area contributed by atoms with Gasteiger partial charge in [-0.05, 0) is 12.1 Å². The number of methoxy groups -OCH3 is 1. The molecule has 2 aromatic heterocycles. The summed E-state index contributed by atoms with van der Waals surface area (Å²) in [6.45, 7) is 5.79. The molecular weight excluding hydrogens is 260 g/mol. The molecule has 0 fully saturated rings. The maximum Gasteiger partial charge on any atom is 0.356 e. The monoisotopic (exact) mass is 276 g/mol. The van der Waals surface area contributed by atoms with E-state index in [1.165, 1.54) is 13.2 Å². The van der Waals surface area contributed by atoms with Crippen molar-refractivity contribution in [3.63, 3.8) is 0 Å².